The topological polar surface area (TPSA) is 85.9 Å². The Bertz CT molecular complexity index is 1010. The lowest BCUT2D eigenvalue weighted by Gasteiger charge is -2.32. The molecular weight excluding hydrogens is 399 g/mol. The van der Waals surface area contributed by atoms with Crippen molar-refractivity contribution >= 4 is 57.6 Å². The van der Waals surface area contributed by atoms with E-state index < -0.39 is 0 Å². The molecular formula is C19H20Cl2N6O. The first-order valence-electron chi connectivity index (χ1n) is 9.09. The van der Waals surface area contributed by atoms with Crippen LogP contribution in [0.15, 0.2) is 30.5 Å². The molecule has 0 unspecified atom stereocenters. The zero-order valence-corrected chi connectivity index (χ0v) is 16.8. The van der Waals surface area contributed by atoms with Gasteiger partial charge in [0.15, 0.2) is 0 Å². The van der Waals surface area contributed by atoms with E-state index in [0.29, 0.717) is 27.5 Å². The Morgan fingerprint density at radius 3 is 2.75 bits per heavy atom. The quantitative estimate of drug-likeness (QED) is 0.583. The molecule has 3 heterocycles. The molecule has 0 saturated carbocycles. The van der Waals surface area contributed by atoms with Crippen molar-refractivity contribution in [1.82, 2.24) is 19.9 Å². The van der Waals surface area contributed by atoms with E-state index in [9.17, 15) is 4.79 Å². The average Bonchev–Trinajstić information content (AvgIpc) is 3.03. The monoisotopic (exact) mass is 418 g/mol. The van der Waals surface area contributed by atoms with Gasteiger partial charge in [-0.05, 0) is 31.0 Å². The molecule has 0 spiro atoms. The van der Waals surface area contributed by atoms with E-state index in [1.807, 2.05) is 23.1 Å². The Morgan fingerprint density at radius 2 is 2.04 bits per heavy atom. The van der Waals surface area contributed by atoms with Crippen molar-refractivity contribution in [1.29, 1.82) is 0 Å². The maximum absolute atomic E-state index is 11.5. The van der Waals surface area contributed by atoms with E-state index in [-0.39, 0.29) is 11.9 Å². The molecule has 0 atom stereocenters. The minimum atomic E-state index is 0.115. The molecule has 1 amide bonds. The number of aromatic nitrogens is 3. The molecule has 7 nitrogen and oxygen atoms in total. The molecule has 1 aliphatic rings. The number of halogens is 2. The van der Waals surface area contributed by atoms with Crippen LogP contribution in [0.4, 0.5) is 17.5 Å². The van der Waals surface area contributed by atoms with Crippen LogP contribution in [-0.4, -0.2) is 44.9 Å². The van der Waals surface area contributed by atoms with E-state index in [2.05, 4.69) is 25.6 Å². The van der Waals surface area contributed by atoms with E-state index in [0.717, 1.165) is 37.0 Å². The second-order valence-corrected chi connectivity index (χ2v) is 7.66. The Balaban J connectivity index is 1.59. The summed E-state index contributed by atoms with van der Waals surface area (Å²) < 4.78 is 0. The van der Waals surface area contributed by atoms with Crippen molar-refractivity contribution < 1.29 is 4.79 Å². The van der Waals surface area contributed by atoms with Crippen molar-refractivity contribution in [2.24, 2.45) is 0 Å². The lowest BCUT2D eigenvalue weighted by molar-refractivity contribution is -0.129. The minimum Gasteiger partial charge on any atom is -0.366 e. The van der Waals surface area contributed by atoms with Gasteiger partial charge in [0.25, 0.3) is 0 Å². The van der Waals surface area contributed by atoms with Crippen LogP contribution in [0.2, 0.25) is 10.0 Å². The summed E-state index contributed by atoms with van der Waals surface area (Å²) in [6.07, 6.45) is 3.40. The van der Waals surface area contributed by atoms with Crippen LogP contribution in [0.25, 0.3) is 11.0 Å². The highest BCUT2D eigenvalue weighted by atomic mass is 35.5. The number of carbonyl (C=O) groups is 1. The summed E-state index contributed by atoms with van der Waals surface area (Å²) >= 11 is 12.4. The molecule has 1 saturated heterocycles. The normalized spacial score (nSPS) is 15.0. The number of nitrogens with zero attached hydrogens (tertiary/aromatic N) is 3. The number of H-pyrrole nitrogens is 1. The molecule has 146 valence electrons. The number of rotatable bonds is 4. The molecule has 0 bridgehead atoms. The summed E-state index contributed by atoms with van der Waals surface area (Å²) in [5, 5.41) is 8.62. The number of benzene rings is 1. The minimum absolute atomic E-state index is 0.115. The third-order valence-electron chi connectivity index (χ3n) is 4.85. The summed E-state index contributed by atoms with van der Waals surface area (Å²) in [7, 11) is 0. The van der Waals surface area contributed by atoms with E-state index in [1.54, 1.807) is 19.2 Å². The molecule has 9 heteroatoms. The van der Waals surface area contributed by atoms with E-state index in [4.69, 9.17) is 23.2 Å². The number of anilines is 3. The van der Waals surface area contributed by atoms with E-state index >= 15 is 0 Å². The predicted molar refractivity (Wildman–Crippen MR) is 113 cm³/mol. The SMILES string of the molecule is CC(=O)N1CCC(Nc2nc(Nc3cccc(Cl)c3)nc3[nH]cc(Cl)c23)CC1. The maximum atomic E-state index is 11.5. The molecule has 1 aromatic carbocycles. The zero-order valence-electron chi connectivity index (χ0n) is 15.3. The molecule has 3 N–H and O–H groups in total. The number of hydrogen-bond donors (Lipinski definition) is 3. The fourth-order valence-corrected chi connectivity index (χ4v) is 3.81. The van der Waals surface area contributed by atoms with Crippen molar-refractivity contribution in [3.8, 4) is 0 Å². The van der Waals surface area contributed by atoms with Gasteiger partial charge in [-0.1, -0.05) is 29.3 Å². The van der Waals surface area contributed by atoms with Gasteiger partial charge in [0.05, 0.1) is 10.4 Å². The van der Waals surface area contributed by atoms with Crippen LogP contribution in [0.3, 0.4) is 0 Å². The van der Waals surface area contributed by atoms with Gasteiger partial charge >= 0.3 is 0 Å². The average molecular weight is 419 g/mol. The van der Waals surface area contributed by atoms with Gasteiger partial charge < -0.3 is 20.5 Å². The molecule has 2 aromatic heterocycles. The second kappa shape index (κ2) is 7.85. The standard InChI is InChI=1S/C19H20Cl2N6O/c1-11(28)27-7-5-13(6-8-27)23-18-16-15(21)10-22-17(16)25-19(26-18)24-14-4-2-3-12(20)9-14/h2-4,9-10,13H,5-8H2,1H3,(H3,22,23,24,25,26). The summed E-state index contributed by atoms with van der Waals surface area (Å²) in [4.78, 5) is 25.6. The molecule has 0 radical (unpaired) electrons. The van der Waals surface area contributed by atoms with Gasteiger partial charge in [-0.2, -0.15) is 9.97 Å². The summed E-state index contributed by atoms with van der Waals surface area (Å²) in [6, 6.07) is 7.57. The molecule has 1 fully saturated rings. The number of likely N-dealkylation sites (tertiary alicyclic amines) is 1. The van der Waals surface area contributed by atoms with Crippen molar-refractivity contribution in [2.75, 3.05) is 23.7 Å². The third kappa shape index (κ3) is 4.00. The number of carbonyl (C=O) groups excluding carboxylic acids is 1. The van der Waals surface area contributed by atoms with Crippen molar-refractivity contribution in [3.63, 3.8) is 0 Å². The van der Waals surface area contributed by atoms with Crippen LogP contribution >= 0.6 is 23.2 Å². The Kier molecular flexibility index (Phi) is 5.28. The lowest BCUT2D eigenvalue weighted by Crippen LogP contribution is -2.41. The lowest BCUT2D eigenvalue weighted by atomic mass is 10.0. The number of nitrogens with one attached hydrogen (secondary N) is 3. The Hall–Kier alpha value is -2.51. The van der Waals surface area contributed by atoms with Gasteiger partial charge in [-0.3, -0.25) is 4.79 Å². The van der Waals surface area contributed by atoms with Crippen LogP contribution in [-0.2, 0) is 4.79 Å². The molecule has 0 aliphatic carbocycles. The van der Waals surface area contributed by atoms with E-state index in [1.165, 1.54) is 0 Å². The summed E-state index contributed by atoms with van der Waals surface area (Å²) in [5.74, 6) is 1.23. The fourth-order valence-electron chi connectivity index (χ4n) is 3.38. The fraction of sp³-hybridized carbons (Fsp3) is 0.316. The summed E-state index contributed by atoms with van der Waals surface area (Å²) in [6.45, 7) is 3.07. The van der Waals surface area contributed by atoms with Gasteiger partial charge in [0.2, 0.25) is 11.9 Å². The Labute approximate surface area is 172 Å². The first kappa shape index (κ1) is 18.8. The first-order valence-corrected chi connectivity index (χ1v) is 9.84. The van der Waals surface area contributed by atoms with Gasteiger partial charge in [0, 0.05) is 43.0 Å². The van der Waals surface area contributed by atoms with Gasteiger partial charge in [-0.25, -0.2) is 0 Å². The number of hydrogen-bond acceptors (Lipinski definition) is 5. The highest BCUT2D eigenvalue weighted by Gasteiger charge is 2.22. The number of piperidine rings is 1. The second-order valence-electron chi connectivity index (χ2n) is 6.82. The molecule has 28 heavy (non-hydrogen) atoms. The first-order chi connectivity index (χ1) is 13.5. The van der Waals surface area contributed by atoms with Gasteiger partial charge in [0.1, 0.15) is 11.5 Å². The molecule has 3 aromatic rings. The van der Waals surface area contributed by atoms with Crippen LogP contribution in [0, 0.1) is 0 Å². The van der Waals surface area contributed by atoms with Crippen LogP contribution < -0.4 is 10.6 Å². The maximum Gasteiger partial charge on any atom is 0.231 e. The largest absolute Gasteiger partial charge is 0.366 e. The number of amides is 1. The summed E-state index contributed by atoms with van der Waals surface area (Å²) in [5.41, 5.74) is 1.44. The molecule has 1 aliphatic heterocycles. The number of aromatic amines is 1. The number of fused-ring (bicyclic) bond motifs is 1. The third-order valence-corrected chi connectivity index (χ3v) is 5.38. The smallest absolute Gasteiger partial charge is 0.231 e. The predicted octanol–water partition coefficient (Wildman–Crippen LogP) is 4.43. The molecule has 4 rings (SSSR count). The van der Waals surface area contributed by atoms with Crippen LogP contribution in [0.5, 0.6) is 0 Å². The highest BCUT2D eigenvalue weighted by Crippen LogP contribution is 2.31. The highest BCUT2D eigenvalue weighted by molar-refractivity contribution is 6.36. The van der Waals surface area contributed by atoms with Crippen LogP contribution in [0.1, 0.15) is 19.8 Å². The van der Waals surface area contributed by atoms with Crippen molar-refractivity contribution in [2.45, 2.75) is 25.8 Å². The van der Waals surface area contributed by atoms with Crippen molar-refractivity contribution in [3.05, 3.63) is 40.5 Å². The van der Waals surface area contributed by atoms with Gasteiger partial charge in [-0.15, -0.1) is 0 Å². The Morgan fingerprint density at radius 1 is 1.25 bits per heavy atom. The zero-order chi connectivity index (χ0) is 19.7.